The van der Waals surface area contributed by atoms with Gasteiger partial charge in [0.25, 0.3) is 0 Å². The summed E-state index contributed by atoms with van der Waals surface area (Å²) in [6, 6.07) is 8.03. The van der Waals surface area contributed by atoms with Crippen molar-refractivity contribution in [2.75, 3.05) is 7.11 Å². The second-order valence-corrected chi connectivity index (χ2v) is 4.36. The lowest BCUT2D eigenvalue weighted by Crippen LogP contribution is -2.05. The van der Waals surface area contributed by atoms with E-state index < -0.39 is 0 Å². The molecule has 0 saturated carbocycles. The Morgan fingerprint density at radius 3 is 2.72 bits per heavy atom. The van der Waals surface area contributed by atoms with E-state index in [4.69, 9.17) is 27.9 Å². The molecule has 0 saturated heterocycles. The summed E-state index contributed by atoms with van der Waals surface area (Å²) in [6.07, 6.45) is 1.55. The smallest absolute Gasteiger partial charge is 0.224 e. The second kappa shape index (κ2) is 5.38. The Bertz CT molecular complexity index is 599. The monoisotopic (exact) mass is 281 g/mol. The topological polar surface area (TPSA) is 39.2 Å². The quantitative estimate of drug-likeness (QED) is 0.807. The number of halogens is 2. The highest BCUT2D eigenvalue weighted by Crippen LogP contribution is 2.26. The summed E-state index contributed by atoms with van der Waals surface area (Å²) in [4.78, 5) is 16.3. The van der Waals surface area contributed by atoms with Crippen LogP contribution in [0.1, 0.15) is 15.9 Å². The summed E-state index contributed by atoms with van der Waals surface area (Å²) >= 11 is 11.9. The van der Waals surface area contributed by atoms with E-state index in [9.17, 15) is 4.79 Å². The van der Waals surface area contributed by atoms with E-state index in [1.165, 1.54) is 13.2 Å². The highest BCUT2D eigenvalue weighted by molar-refractivity contribution is 6.36. The molecule has 0 atom stereocenters. The first kappa shape index (κ1) is 12.9. The van der Waals surface area contributed by atoms with Crippen molar-refractivity contribution in [3.05, 3.63) is 57.7 Å². The average molecular weight is 282 g/mol. The van der Waals surface area contributed by atoms with Gasteiger partial charge in [-0.1, -0.05) is 23.2 Å². The molecule has 1 heterocycles. The third-order valence-electron chi connectivity index (χ3n) is 2.38. The third-order valence-corrected chi connectivity index (χ3v) is 2.95. The minimum absolute atomic E-state index is 0.263. The molecule has 0 aliphatic rings. The maximum atomic E-state index is 12.3. The van der Waals surface area contributed by atoms with Crippen LogP contribution in [0.25, 0.3) is 0 Å². The van der Waals surface area contributed by atoms with Crippen LogP contribution in [-0.2, 0) is 0 Å². The van der Waals surface area contributed by atoms with Gasteiger partial charge in [-0.05, 0) is 30.3 Å². The average Bonchev–Trinajstić information content (AvgIpc) is 2.40. The van der Waals surface area contributed by atoms with Crippen LogP contribution in [0.15, 0.2) is 36.5 Å². The summed E-state index contributed by atoms with van der Waals surface area (Å²) in [6.45, 7) is 0. The number of carbonyl (C=O) groups excluding carboxylic acids is 1. The Labute approximate surface area is 114 Å². The summed E-state index contributed by atoms with van der Waals surface area (Å²) < 4.78 is 5.05. The molecule has 0 radical (unpaired) electrons. The molecule has 1 aromatic carbocycles. The predicted octanol–water partition coefficient (Wildman–Crippen LogP) is 3.63. The van der Waals surface area contributed by atoms with Gasteiger partial charge < -0.3 is 4.74 Å². The van der Waals surface area contributed by atoms with Gasteiger partial charge in [-0.2, -0.15) is 0 Å². The van der Waals surface area contributed by atoms with Crippen molar-refractivity contribution in [2.24, 2.45) is 0 Å². The molecule has 0 amide bonds. The molecule has 2 aromatic rings. The van der Waals surface area contributed by atoms with Gasteiger partial charge in [0.15, 0.2) is 5.78 Å². The number of hydrogen-bond donors (Lipinski definition) is 0. The van der Waals surface area contributed by atoms with Crippen LogP contribution in [0, 0.1) is 0 Å². The summed E-state index contributed by atoms with van der Waals surface area (Å²) in [7, 11) is 1.46. The van der Waals surface area contributed by atoms with Crippen LogP contribution in [0.2, 0.25) is 10.0 Å². The van der Waals surface area contributed by atoms with Crippen LogP contribution in [0.5, 0.6) is 5.88 Å². The number of ether oxygens (including phenoxy) is 1. The summed E-state index contributed by atoms with van der Waals surface area (Å²) in [5, 5.41) is 0.793. The minimum atomic E-state index is -0.271. The first-order valence-electron chi connectivity index (χ1n) is 5.12. The highest BCUT2D eigenvalue weighted by atomic mass is 35.5. The molecular weight excluding hydrogens is 273 g/mol. The van der Waals surface area contributed by atoms with Gasteiger partial charge in [0.05, 0.1) is 17.7 Å². The normalized spacial score (nSPS) is 10.2. The van der Waals surface area contributed by atoms with E-state index in [0.717, 1.165) is 0 Å². The molecule has 18 heavy (non-hydrogen) atoms. The predicted molar refractivity (Wildman–Crippen MR) is 70.7 cm³/mol. The molecule has 0 bridgehead atoms. The zero-order chi connectivity index (χ0) is 13.1. The van der Waals surface area contributed by atoms with Gasteiger partial charge in [0.2, 0.25) is 5.88 Å². The number of benzene rings is 1. The molecule has 0 aliphatic carbocycles. The van der Waals surface area contributed by atoms with Gasteiger partial charge in [-0.3, -0.25) is 4.79 Å². The number of nitrogens with zero attached hydrogens (tertiary/aromatic N) is 1. The Kier molecular flexibility index (Phi) is 3.84. The van der Waals surface area contributed by atoms with Gasteiger partial charge in [-0.15, -0.1) is 0 Å². The van der Waals surface area contributed by atoms with E-state index in [1.807, 2.05) is 0 Å². The third kappa shape index (κ3) is 2.47. The van der Waals surface area contributed by atoms with Crippen molar-refractivity contribution < 1.29 is 9.53 Å². The maximum absolute atomic E-state index is 12.3. The molecular formula is C13H9Cl2NO2. The van der Waals surface area contributed by atoms with Crippen molar-refractivity contribution in [2.45, 2.75) is 0 Å². The molecule has 0 aliphatic heterocycles. The lowest BCUT2D eigenvalue weighted by Gasteiger charge is -2.07. The Morgan fingerprint density at radius 1 is 1.22 bits per heavy atom. The first-order chi connectivity index (χ1) is 8.63. The van der Waals surface area contributed by atoms with Crippen LogP contribution in [0.3, 0.4) is 0 Å². The van der Waals surface area contributed by atoms with Crippen molar-refractivity contribution in [3.8, 4) is 5.88 Å². The zero-order valence-corrected chi connectivity index (χ0v) is 11.0. The fourth-order valence-corrected chi connectivity index (χ4v) is 1.92. The van der Waals surface area contributed by atoms with Gasteiger partial charge in [0.1, 0.15) is 0 Å². The van der Waals surface area contributed by atoms with E-state index in [-0.39, 0.29) is 11.7 Å². The minimum Gasteiger partial charge on any atom is -0.480 e. The van der Waals surface area contributed by atoms with Crippen LogP contribution in [-0.4, -0.2) is 17.9 Å². The molecule has 0 N–H and O–H groups in total. The molecule has 0 spiro atoms. The number of carbonyl (C=O) groups is 1. The summed E-state index contributed by atoms with van der Waals surface area (Å²) in [5.74, 6) is -0.00834. The van der Waals surface area contributed by atoms with E-state index in [0.29, 0.717) is 21.2 Å². The number of rotatable bonds is 3. The molecule has 3 nitrogen and oxygen atoms in total. The second-order valence-electron chi connectivity index (χ2n) is 3.51. The van der Waals surface area contributed by atoms with Gasteiger partial charge in [-0.25, -0.2) is 4.98 Å². The first-order valence-corrected chi connectivity index (χ1v) is 5.88. The largest absolute Gasteiger partial charge is 0.480 e. The Hall–Kier alpha value is -1.58. The number of aromatic nitrogens is 1. The SMILES string of the molecule is COc1ncccc1C(=O)c1cc(Cl)ccc1Cl. The standard InChI is InChI=1S/C13H9Cl2NO2/c1-18-13-9(3-2-6-16-13)12(17)10-7-8(14)4-5-11(10)15/h2-7H,1H3. The van der Waals surface area contributed by atoms with Crippen LogP contribution >= 0.6 is 23.2 Å². The van der Waals surface area contributed by atoms with Crippen molar-refractivity contribution in [1.82, 2.24) is 4.98 Å². The van der Waals surface area contributed by atoms with Gasteiger partial charge >= 0.3 is 0 Å². The molecule has 0 unspecified atom stereocenters. The fourth-order valence-electron chi connectivity index (χ4n) is 1.54. The fraction of sp³-hybridized carbons (Fsp3) is 0.0769. The molecule has 92 valence electrons. The zero-order valence-electron chi connectivity index (χ0n) is 9.48. The molecule has 0 fully saturated rings. The number of methoxy groups -OCH3 is 1. The van der Waals surface area contributed by atoms with Gasteiger partial charge in [0, 0.05) is 16.8 Å². The lowest BCUT2D eigenvalue weighted by atomic mass is 10.0. The van der Waals surface area contributed by atoms with Crippen molar-refractivity contribution >= 4 is 29.0 Å². The van der Waals surface area contributed by atoms with Crippen LogP contribution in [0.4, 0.5) is 0 Å². The number of pyridine rings is 1. The lowest BCUT2D eigenvalue weighted by molar-refractivity contribution is 0.103. The number of ketones is 1. The maximum Gasteiger partial charge on any atom is 0.224 e. The highest BCUT2D eigenvalue weighted by Gasteiger charge is 2.17. The van der Waals surface area contributed by atoms with Crippen molar-refractivity contribution in [3.63, 3.8) is 0 Å². The van der Waals surface area contributed by atoms with Crippen molar-refractivity contribution in [1.29, 1.82) is 0 Å². The molecule has 5 heteroatoms. The van der Waals surface area contributed by atoms with E-state index >= 15 is 0 Å². The summed E-state index contributed by atoms with van der Waals surface area (Å²) in [5.41, 5.74) is 0.680. The Morgan fingerprint density at radius 2 is 2.00 bits per heavy atom. The molecule has 2 rings (SSSR count). The van der Waals surface area contributed by atoms with E-state index in [2.05, 4.69) is 4.98 Å². The molecule has 1 aromatic heterocycles. The Balaban J connectivity index is 2.51. The van der Waals surface area contributed by atoms with E-state index in [1.54, 1.807) is 30.5 Å². The number of hydrogen-bond acceptors (Lipinski definition) is 3. The van der Waals surface area contributed by atoms with Crippen LogP contribution < -0.4 is 4.74 Å².